The zero-order chi connectivity index (χ0) is 9.38. The summed E-state index contributed by atoms with van der Waals surface area (Å²) in [5, 5.41) is 0. The zero-order valence-corrected chi connectivity index (χ0v) is 8.39. The van der Waals surface area contributed by atoms with E-state index in [1.807, 2.05) is 0 Å². The fourth-order valence-corrected chi connectivity index (χ4v) is 3.02. The maximum Gasteiger partial charge on any atom is -0.00934 e. The van der Waals surface area contributed by atoms with E-state index in [1.54, 1.807) is 5.56 Å². The van der Waals surface area contributed by atoms with Crippen molar-refractivity contribution in [2.24, 2.45) is 11.8 Å². The number of hydrogen-bond acceptors (Lipinski definition) is 0. The van der Waals surface area contributed by atoms with E-state index in [4.69, 9.17) is 0 Å². The van der Waals surface area contributed by atoms with Gasteiger partial charge < -0.3 is 0 Å². The van der Waals surface area contributed by atoms with Crippen LogP contribution in [0.2, 0.25) is 0 Å². The van der Waals surface area contributed by atoms with E-state index >= 15 is 0 Å². The molecule has 0 nitrogen and oxygen atoms in total. The van der Waals surface area contributed by atoms with Gasteiger partial charge in [-0.25, -0.2) is 0 Å². The molecule has 1 saturated carbocycles. The Kier molecular flexibility index (Phi) is 1.93. The second-order valence-electron chi connectivity index (χ2n) is 4.64. The van der Waals surface area contributed by atoms with Gasteiger partial charge in [0.1, 0.15) is 0 Å². The largest absolute Gasteiger partial charge is 0.0851 e. The van der Waals surface area contributed by atoms with Crippen molar-refractivity contribution in [1.82, 2.24) is 0 Å². The minimum absolute atomic E-state index is 0.806. The second-order valence-corrected chi connectivity index (χ2v) is 4.64. The van der Waals surface area contributed by atoms with E-state index in [9.17, 15) is 0 Å². The van der Waals surface area contributed by atoms with Crippen LogP contribution in [-0.4, -0.2) is 0 Å². The van der Waals surface area contributed by atoms with Crippen molar-refractivity contribution in [3.63, 3.8) is 0 Å². The van der Waals surface area contributed by atoms with Crippen molar-refractivity contribution in [1.29, 1.82) is 0 Å². The quantitative estimate of drug-likeness (QED) is 0.583. The number of allylic oxidation sites excluding steroid dienone is 2. The van der Waals surface area contributed by atoms with Gasteiger partial charge in [-0.3, -0.25) is 0 Å². The van der Waals surface area contributed by atoms with Gasteiger partial charge in [0.15, 0.2) is 0 Å². The smallest absolute Gasteiger partial charge is 0.00934 e. The van der Waals surface area contributed by atoms with Crippen LogP contribution in [0.15, 0.2) is 42.5 Å². The van der Waals surface area contributed by atoms with Gasteiger partial charge in [-0.05, 0) is 42.6 Å². The Morgan fingerprint density at radius 3 is 2.36 bits per heavy atom. The lowest BCUT2D eigenvalue weighted by Gasteiger charge is -2.38. The molecule has 1 aromatic carbocycles. The molecule has 4 rings (SSSR count). The summed E-state index contributed by atoms with van der Waals surface area (Å²) in [6.45, 7) is 0. The van der Waals surface area contributed by atoms with Gasteiger partial charge in [0.25, 0.3) is 0 Å². The minimum atomic E-state index is 0.806. The standard InChI is InChI=1S/C14H16/c1-2-4-12(5-3-1)14-10-11-6-8-13(14)9-7-11/h1-6,8,11,13-14H,7,9-10H2/t11-,13+,14+/m1/s1. The summed E-state index contributed by atoms with van der Waals surface area (Å²) in [5.74, 6) is 2.49. The lowest BCUT2D eigenvalue weighted by molar-refractivity contribution is 0.284. The lowest BCUT2D eigenvalue weighted by atomic mass is 9.67. The predicted octanol–water partition coefficient (Wildman–Crippen LogP) is 3.76. The molecule has 3 aliphatic rings. The van der Waals surface area contributed by atoms with Crippen LogP contribution in [0, 0.1) is 11.8 Å². The molecule has 0 saturated heterocycles. The monoisotopic (exact) mass is 184 g/mol. The third-order valence-electron chi connectivity index (χ3n) is 3.80. The van der Waals surface area contributed by atoms with Crippen LogP contribution < -0.4 is 0 Å². The van der Waals surface area contributed by atoms with Crippen LogP contribution in [0.4, 0.5) is 0 Å². The van der Waals surface area contributed by atoms with Crippen LogP contribution >= 0.6 is 0 Å². The molecule has 14 heavy (non-hydrogen) atoms. The van der Waals surface area contributed by atoms with Crippen molar-refractivity contribution in [2.45, 2.75) is 25.2 Å². The van der Waals surface area contributed by atoms with Crippen molar-refractivity contribution >= 4 is 0 Å². The van der Waals surface area contributed by atoms with Crippen molar-refractivity contribution in [2.75, 3.05) is 0 Å². The van der Waals surface area contributed by atoms with Gasteiger partial charge in [0.2, 0.25) is 0 Å². The molecule has 0 radical (unpaired) electrons. The van der Waals surface area contributed by atoms with Crippen LogP contribution in [0.25, 0.3) is 0 Å². The van der Waals surface area contributed by atoms with Crippen LogP contribution in [0.3, 0.4) is 0 Å². The van der Waals surface area contributed by atoms with Gasteiger partial charge in [-0.2, -0.15) is 0 Å². The maximum absolute atomic E-state index is 2.45. The fourth-order valence-electron chi connectivity index (χ4n) is 3.02. The normalized spacial score (nSPS) is 34.7. The summed E-state index contributed by atoms with van der Waals surface area (Å²) in [4.78, 5) is 0. The number of benzene rings is 1. The Morgan fingerprint density at radius 2 is 1.79 bits per heavy atom. The highest BCUT2D eigenvalue weighted by Crippen LogP contribution is 2.45. The summed E-state index contributed by atoms with van der Waals surface area (Å²) in [6.07, 6.45) is 9.10. The summed E-state index contributed by atoms with van der Waals surface area (Å²) in [5.41, 5.74) is 1.55. The highest BCUT2D eigenvalue weighted by molar-refractivity contribution is 5.25. The van der Waals surface area contributed by atoms with Crippen molar-refractivity contribution in [3.8, 4) is 0 Å². The summed E-state index contributed by atoms with van der Waals surface area (Å²) in [6, 6.07) is 11.0. The molecular formula is C14H16. The van der Waals surface area contributed by atoms with Crippen LogP contribution in [0.5, 0.6) is 0 Å². The molecule has 2 bridgehead atoms. The molecule has 3 atom stereocenters. The van der Waals surface area contributed by atoms with E-state index in [0.29, 0.717) is 0 Å². The average molecular weight is 184 g/mol. The topological polar surface area (TPSA) is 0 Å². The van der Waals surface area contributed by atoms with Crippen LogP contribution in [-0.2, 0) is 0 Å². The fraction of sp³-hybridized carbons (Fsp3) is 0.429. The summed E-state index contributed by atoms with van der Waals surface area (Å²) < 4.78 is 0. The van der Waals surface area contributed by atoms with Crippen LogP contribution in [0.1, 0.15) is 30.7 Å². The van der Waals surface area contributed by atoms with E-state index in [-0.39, 0.29) is 0 Å². The first-order valence-corrected chi connectivity index (χ1v) is 5.67. The van der Waals surface area contributed by atoms with E-state index < -0.39 is 0 Å². The Balaban J connectivity index is 1.91. The van der Waals surface area contributed by atoms with Gasteiger partial charge in [0.05, 0.1) is 0 Å². The number of rotatable bonds is 1. The molecule has 0 heterocycles. The van der Waals surface area contributed by atoms with Gasteiger partial charge in [-0.1, -0.05) is 42.5 Å². The molecule has 1 fully saturated rings. The molecule has 3 aliphatic carbocycles. The van der Waals surface area contributed by atoms with E-state index in [1.165, 1.54) is 19.3 Å². The first-order chi connectivity index (χ1) is 6.93. The molecule has 0 aromatic heterocycles. The van der Waals surface area contributed by atoms with Crippen molar-refractivity contribution in [3.05, 3.63) is 48.0 Å². The SMILES string of the molecule is C1=C[C@H]2CC[C@@H]1C[C@H]2c1ccccc1. The molecule has 0 unspecified atom stereocenters. The highest BCUT2D eigenvalue weighted by atomic mass is 14.4. The Morgan fingerprint density at radius 1 is 0.929 bits per heavy atom. The van der Waals surface area contributed by atoms with E-state index in [0.717, 1.165) is 17.8 Å². The number of fused-ring (bicyclic) bond motifs is 2. The summed E-state index contributed by atoms with van der Waals surface area (Å²) in [7, 11) is 0. The molecule has 72 valence electrons. The first-order valence-electron chi connectivity index (χ1n) is 5.67. The second kappa shape index (κ2) is 3.27. The highest BCUT2D eigenvalue weighted by Gasteiger charge is 2.32. The third-order valence-corrected chi connectivity index (χ3v) is 3.80. The molecule has 0 N–H and O–H groups in total. The van der Waals surface area contributed by atoms with Gasteiger partial charge >= 0.3 is 0 Å². The minimum Gasteiger partial charge on any atom is -0.0851 e. The maximum atomic E-state index is 2.45. The molecule has 0 amide bonds. The molecule has 0 heteroatoms. The molecular weight excluding hydrogens is 168 g/mol. The molecule has 0 spiro atoms. The summed E-state index contributed by atoms with van der Waals surface area (Å²) >= 11 is 0. The van der Waals surface area contributed by atoms with E-state index in [2.05, 4.69) is 42.5 Å². The Bertz CT molecular complexity index is 336. The molecule has 0 aliphatic heterocycles. The van der Waals surface area contributed by atoms with Gasteiger partial charge in [-0.15, -0.1) is 0 Å². The average Bonchev–Trinajstić information content (AvgIpc) is 2.32. The third kappa shape index (κ3) is 1.30. The predicted molar refractivity (Wildman–Crippen MR) is 59.2 cm³/mol. The Labute approximate surface area is 85.6 Å². The van der Waals surface area contributed by atoms with Crippen molar-refractivity contribution < 1.29 is 0 Å². The first kappa shape index (κ1) is 8.28. The Hall–Kier alpha value is -1.04. The lowest BCUT2D eigenvalue weighted by Crippen LogP contribution is -2.25. The zero-order valence-electron chi connectivity index (χ0n) is 8.39. The van der Waals surface area contributed by atoms with Gasteiger partial charge in [0, 0.05) is 0 Å². The number of hydrogen-bond donors (Lipinski definition) is 0. The molecule has 1 aromatic rings.